The highest BCUT2D eigenvalue weighted by atomic mass is 32.2. The second-order valence-corrected chi connectivity index (χ2v) is 6.62. The number of hydrogen-bond acceptors (Lipinski definition) is 4. The zero-order valence-corrected chi connectivity index (χ0v) is 14.6. The number of aromatic nitrogens is 3. The summed E-state index contributed by atoms with van der Waals surface area (Å²) in [5.74, 6) is -0.00295. The van der Waals surface area contributed by atoms with Crippen molar-refractivity contribution in [1.82, 2.24) is 15.0 Å². The fourth-order valence-corrected chi connectivity index (χ4v) is 3.41. The molecule has 1 aromatic carbocycles. The summed E-state index contributed by atoms with van der Waals surface area (Å²) in [5.41, 5.74) is 3.58. The fraction of sp³-hybridized carbons (Fsp3) is 0.278. The van der Waals surface area contributed by atoms with E-state index in [-0.39, 0.29) is 11.2 Å². The Morgan fingerprint density at radius 3 is 2.83 bits per heavy atom. The lowest BCUT2D eigenvalue weighted by Gasteiger charge is -2.15. The predicted octanol–water partition coefficient (Wildman–Crippen LogP) is 4.03. The van der Waals surface area contributed by atoms with Gasteiger partial charge in [-0.1, -0.05) is 43.8 Å². The van der Waals surface area contributed by atoms with E-state index >= 15 is 0 Å². The van der Waals surface area contributed by atoms with Gasteiger partial charge in [0, 0.05) is 11.9 Å². The number of pyridine rings is 1. The number of aryl methyl sites for hydroxylation is 1. The summed E-state index contributed by atoms with van der Waals surface area (Å²) >= 11 is 1.44. The Labute approximate surface area is 145 Å². The van der Waals surface area contributed by atoms with Crippen LogP contribution in [0.25, 0.3) is 11.2 Å². The molecule has 5 nitrogen and oxygen atoms in total. The summed E-state index contributed by atoms with van der Waals surface area (Å²) < 4.78 is 0. The minimum absolute atomic E-state index is 0.00295. The number of nitrogens with zero attached hydrogens (tertiary/aromatic N) is 2. The fourth-order valence-electron chi connectivity index (χ4n) is 2.50. The Hall–Kier alpha value is -2.34. The van der Waals surface area contributed by atoms with Crippen molar-refractivity contribution in [2.45, 2.75) is 37.1 Å². The van der Waals surface area contributed by atoms with Gasteiger partial charge in [-0.2, -0.15) is 0 Å². The van der Waals surface area contributed by atoms with E-state index in [4.69, 9.17) is 0 Å². The standard InChI is InChI=1S/C18H20N4OS/c1-3-12-8-5-6-9-13(12)20-17(23)15(4-2)24-18-21-14-10-7-11-19-16(14)22-18/h5-11,15H,3-4H2,1-2H3,(H,20,23)(H,19,21,22)/t15-/m0/s1. The molecule has 2 N–H and O–H groups in total. The van der Waals surface area contributed by atoms with Crippen molar-refractivity contribution in [3.63, 3.8) is 0 Å². The summed E-state index contributed by atoms with van der Waals surface area (Å²) in [7, 11) is 0. The van der Waals surface area contributed by atoms with Gasteiger partial charge in [0.2, 0.25) is 5.91 Å². The topological polar surface area (TPSA) is 70.7 Å². The van der Waals surface area contributed by atoms with Crippen molar-refractivity contribution in [2.24, 2.45) is 0 Å². The maximum absolute atomic E-state index is 12.6. The van der Waals surface area contributed by atoms with Crippen LogP contribution in [-0.2, 0) is 11.2 Å². The molecule has 1 amide bonds. The van der Waals surface area contributed by atoms with Crippen LogP contribution < -0.4 is 5.32 Å². The molecule has 0 radical (unpaired) electrons. The number of amides is 1. The lowest BCUT2D eigenvalue weighted by atomic mass is 10.1. The first-order chi connectivity index (χ1) is 11.7. The number of anilines is 1. The first kappa shape index (κ1) is 16.5. The summed E-state index contributed by atoms with van der Waals surface area (Å²) in [6, 6.07) is 11.7. The molecule has 0 unspecified atom stereocenters. The first-order valence-corrected chi connectivity index (χ1v) is 8.95. The van der Waals surface area contributed by atoms with Crippen molar-refractivity contribution >= 4 is 34.5 Å². The predicted molar refractivity (Wildman–Crippen MR) is 98.3 cm³/mol. The van der Waals surface area contributed by atoms with E-state index in [2.05, 4.69) is 27.2 Å². The SMILES string of the molecule is CCc1ccccc1NC(=O)[C@H](CC)Sc1nc2ncccc2[nH]1. The number of carbonyl (C=O) groups excluding carboxylic acids is 1. The number of carbonyl (C=O) groups is 1. The van der Waals surface area contributed by atoms with Gasteiger partial charge in [-0.3, -0.25) is 4.79 Å². The average Bonchev–Trinajstić information content (AvgIpc) is 3.02. The van der Waals surface area contributed by atoms with Crippen molar-refractivity contribution < 1.29 is 4.79 Å². The molecule has 1 atom stereocenters. The Morgan fingerprint density at radius 1 is 1.25 bits per heavy atom. The van der Waals surface area contributed by atoms with Gasteiger partial charge in [0.15, 0.2) is 10.8 Å². The molecule has 0 aliphatic carbocycles. The largest absolute Gasteiger partial charge is 0.332 e. The molecule has 124 valence electrons. The molecule has 0 saturated carbocycles. The highest BCUT2D eigenvalue weighted by Gasteiger charge is 2.20. The number of aromatic amines is 1. The molecule has 0 saturated heterocycles. The molecule has 0 aliphatic rings. The molecule has 3 rings (SSSR count). The molecule has 2 aromatic heterocycles. The Morgan fingerprint density at radius 2 is 2.08 bits per heavy atom. The van der Waals surface area contributed by atoms with Crippen LogP contribution in [0.1, 0.15) is 25.8 Å². The monoisotopic (exact) mass is 340 g/mol. The van der Waals surface area contributed by atoms with Gasteiger partial charge in [-0.25, -0.2) is 9.97 Å². The summed E-state index contributed by atoms with van der Waals surface area (Å²) in [4.78, 5) is 24.5. The van der Waals surface area contributed by atoms with Crippen LogP contribution >= 0.6 is 11.8 Å². The van der Waals surface area contributed by atoms with Gasteiger partial charge < -0.3 is 10.3 Å². The van der Waals surface area contributed by atoms with Crippen LogP contribution in [0.5, 0.6) is 0 Å². The van der Waals surface area contributed by atoms with Crippen molar-refractivity contribution in [3.8, 4) is 0 Å². The molecular weight excluding hydrogens is 320 g/mol. The number of benzene rings is 1. The van der Waals surface area contributed by atoms with E-state index in [1.807, 2.05) is 43.3 Å². The maximum atomic E-state index is 12.6. The Bertz CT molecular complexity index is 813. The molecule has 2 heterocycles. The van der Waals surface area contributed by atoms with Crippen LogP contribution in [0.2, 0.25) is 0 Å². The zero-order chi connectivity index (χ0) is 16.9. The van der Waals surface area contributed by atoms with Crippen LogP contribution in [0.3, 0.4) is 0 Å². The average molecular weight is 340 g/mol. The van der Waals surface area contributed by atoms with Gasteiger partial charge in [-0.05, 0) is 36.6 Å². The number of nitrogens with one attached hydrogen (secondary N) is 2. The Kier molecular flexibility index (Phi) is 5.15. The van der Waals surface area contributed by atoms with E-state index < -0.39 is 0 Å². The van der Waals surface area contributed by atoms with Crippen LogP contribution in [0.4, 0.5) is 5.69 Å². The third-order valence-electron chi connectivity index (χ3n) is 3.81. The molecule has 3 aromatic rings. The van der Waals surface area contributed by atoms with E-state index in [0.29, 0.717) is 5.65 Å². The van der Waals surface area contributed by atoms with E-state index in [0.717, 1.165) is 34.8 Å². The van der Waals surface area contributed by atoms with Gasteiger partial charge in [0.1, 0.15) is 0 Å². The number of para-hydroxylation sites is 1. The van der Waals surface area contributed by atoms with Crippen LogP contribution in [0, 0.1) is 0 Å². The number of fused-ring (bicyclic) bond motifs is 1. The normalized spacial score (nSPS) is 12.2. The highest BCUT2D eigenvalue weighted by Crippen LogP contribution is 2.26. The van der Waals surface area contributed by atoms with Crippen LogP contribution in [0.15, 0.2) is 47.8 Å². The van der Waals surface area contributed by atoms with Crippen molar-refractivity contribution in [1.29, 1.82) is 0 Å². The highest BCUT2D eigenvalue weighted by molar-refractivity contribution is 8.00. The maximum Gasteiger partial charge on any atom is 0.237 e. The number of thioether (sulfide) groups is 1. The molecular formula is C18H20N4OS. The van der Waals surface area contributed by atoms with Crippen LogP contribution in [-0.4, -0.2) is 26.1 Å². The minimum Gasteiger partial charge on any atom is -0.332 e. The van der Waals surface area contributed by atoms with E-state index in [1.165, 1.54) is 11.8 Å². The molecule has 24 heavy (non-hydrogen) atoms. The number of rotatable bonds is 6. The summed E-state index contributed by atoms with van der Waals surface area (Å²) in [6.07, 6.45) is 3.31. The van der Waals surface area contributed by atoms with Crippen molar-refractivity contribution in [2.75, 3.05) is 5.32 Å². The number of hydrogen-bond donors (Lipinski definition) is 2. The summed E-state index contributed by atoms with van der Waals surface area (Å²) in [5, 5.41) is 3.55. The third-order valence-corrected chi connectivity index (χ3v) is 5.06. The second-order valence-electron chi connectivity index (χ2n) is 5.43. The van der Waals surface area contributed by atoms with E-state index in [9.17, 15) is 4.79 Å². The molecule has 0 spiro atoms. The van der Waals surface area contributed by atoms with Crippen molar-refractivity contribution in [3.05, 3.63) is 48.2 Å². The summed E-state index contributed by atoms with van der Waals surface area (Å²) in [6.45, 7) is 4.09. The molecule has 0 aliphatic heterocycles. The first-order valence-electron chi connectivity index (χ1n) is 8.07. The second kappa shape index (κ2) is 7.49. The third kappa shape index (κ3) is 3.59. The number of imidazole rings is 1. The van der Waals surface area contributed by atoms with Gasteiger partial charge >= 0.3 is 0 Å². The lowest BCUT2D eigenvalue weighted by molar-refractivity contribution is -0.115. The van der Waals surface area contributed by atoms with Gasteiger partial charge in [-0.15, -0.1) is 0 Å². The molecule has 0 bridgehead atoms. The number of H-pyrrole nitrogens is 1. The Balaban J connectivity index is 1.74. The smallest absolute Gasteiger partial charge is 0.237 e. The zero-order valence-electron chi connectivity index (χ0n) is 13.7. The molecule has 0 fully saturated rings. The van der Waals surface area contributed by atoms with Gasteiger partial charge in [0.25, 0.3) is 0 Å². The molecule has 6 heteroatoms. The van der Waals surface area contributed by atoms with E-state index in [1.54, 1.807) is 6.20 Å². The lowest BCUT2D eigenvalue weighted by Crippen LogP contribution is -2.25. The minimum atomic E-state index is -0.213. The van der Waals surface area contributed by atoms with Gasteiger partial charge in [0.05, 0.1) is 10.8 Å². The quantitative estimate of drug-likeness (QED) is 0.665.